The average Bonchev–Trinajstić information content (AvgIpc) is 3.27. The Labute approximate surface area is 133 Å². The molecule has 6 heteroatoms. The van der Waals surface area contributed by atoms with Crippen molar-refractivity contribution in [1.82, 2.24) is 19.7 Å². The van der Waals surface area contributed by atoms with Gasteiger partial charge in [0.15, 0.2) is 0 Å². The molecule has 3 aromatic rings. The van der Waals surface area contributed by atoms with Crippen LogP contribution in [0.15, 0.2) is 36.7 Å². The maximum atomic E-state index is 12.2. The second kappa shape index (κ2) is 5.87. The molecular weight excluding hydrogens is 290 g/mol. The smallest absolute Gasteiger partial charge is 0.245 e. The van der Waals surface area contributed by atoms with Crippen molar-refractivity contribution in [3.8, 4) is 0 Å². The lowest BCUT2D eigenvalue weighted by atomic mass is 10.0. The molecule has 0 aromatic carbocycles. The maximum absolute atomic E-state index is 12.2. The van der Waals surface area contributed by atoms with Crippen molar-refractivity contribution in [2.24, 2.45) is 0 Å². The van der Waals surface area contributed by atoms with Gasteiger partial charge >= 0.3 is 0 Å². The van der Waals surface area contributed by atoms with E-state index in [2.05, 4.69) is 20.5 Å². The van der Waals surface area contributed by atoms with Crippen LogP contribution in [0.3, 0.4) is 0 Å². The van der Waals surface area contributed by atoms with Crippen LogP contribution in [0.2, 0.25) is 0 Å². The van der Waals surface area contributed by atoms with Gasteiger partial charge in [0.05, 0.1) is 5.69 Å². The van der Waals surface area contributed by atoms with Crippen LogP contribution >= 0.6 is 0 Å². The zero-order valence-corrected chi connectivity index (χ0v) is 12.8. The van der Waals surface area contributed by atoms with Gasteiger partial charge in [-0.05, 0) is 31.0 Å². The van der Waals surface area contributed by atoms with E-state index in [-0.39, 0.29) is 12.5 Å². The number of anilines is 1. The zero-order chi connectivity index (χ0) is 15.6. The SMILES string of the molecule is O=C(Cn1ccc2cccnc21)Nc1cc(C2CCCC2)n[nH]1. The van der Waals surface area contributed by atoms with Gasteiger partial charge in [-0.25, -0.2) is 4.98 Å². The quantitative estimate of drug-likeness (QED) is 0.777. The number of pyridine rings is 1. The molecule has 118 valence electrons. The number of rotatable bonds is 4. The lowest BCUT2D eigenvalue weighted by molar-refractivity contribution is -0.116. The van der Waals surface area contributed by atoms with Crippen molar-refractivity contribution in [3.05, 3.63) is 42.4 Å². The standard InChI is InChI=1S/C17H19N5O/c23-16(11-22-9-7-13-6-3-8-18-17(13)22)19-15-10-14(20-21-15)12-4-1-2-5-12/h3,6-10,12H,1-2,4-5,11H2,(H2,19,20,21,23). The third kappa shape index (κ3) is 2.84. The topological polar surface area (TPSA) is 75.6 Å². The highest BCUT2D eigenvalue weighted by atomic mass is 16.2. The Morgan fingerprint density at radius 2 is 2.22 bits per heavy atom. The molecule has 0 unspecified atom stereocenters. The summed E-state index contributed by atoms with van der Waals surface area (Å²) >= 11 is 0. The predicted molar refractivity (Wildman–Crippen MR) is 88.2 cm³/mol. The summed E-state index contributed by atoms with van der Waals surface area (Å²) in [6.07, 6.45) is 8.55. The Bertz CT molecular complexity index is 828. The van der Waals surface area contributed by atoms with Crippen molar-refractivity contribution in [2.75, 3.05) is 5.32 Å². The highest BCUT2D eigenvalue weighted by Crippen LogP contribution is 2.33. The van der Waals surface area contributed by atoms with Crippen LogP contribution in [0, 0.1) is 0 Å². The van der Waals surface area contributed by atoms with E-state index >= 15 is 0 Å². The molecule has 3 aromatic heterocycles. The molecule has 0 saturated heterocycles. The molecule has 0 spiro atoms. The van der Waals surface area contributed by atoms with Gasteiger partial charge in [0, 0.05) is 29.8 Å². The van der Waals surface area contributed by atoms with Gasteiger partial charge in [0.1, 0.15) is 18.0 Å². The fourth-order valence-electron chi connectivity index (χ4n) is 3.32. The lowest BCUT2D eigenvalue weighted by Crippen LogP contribution is -2.18. The van der Waals surface area contributed by atoms with Gasteiger partial charge in [-0.2, -0.15) is 5.10 Å². The van der Waals surface area contributed by atoms with E-state index in [1.807, 2.05) is 35.0 Å². The molecule has 2 N–H and O–H groups in total. The molecule has 23 heavy (non-hydrogen) atoms. The molecular formula is C17H19N5O. The average molecular weight is 309 g/mol. The van der Waals surface area contributed by atoms with Gasteiger partial charge < -0.3 is 9.88 Å². The van der Waals surface area contributed by atoms with Gasteiger partial charge in [0.25, 0.3) is 0 Å². The van der Waals surface area contributed by atoms with E-state index in [9.17, 15) is 4.79 Å². The largest absolute Gasteiger partial charge is 0.323 e. The highest BCUT2D eigenvalue weighted by molar-refractivity contribution is 5.90. The van der Waals surface area contributed by atoms with Crippen molar-refractivity contribution >= 4 is 22.8 Å². The monoisotopic (exact) mass is 309 g/mol. The number of hydrogen-bond acceptors (Lipinski definition) is 3. The molecule has 1 saturated carbocycles. The minimum atomic E-state index is -0.0882. The molecule has 1 fully saturated rings. The number of carbonyl (C=O) groups excluding carboxylic acids is 1. The summed E-state index contributed by atoms with van der Waals surface area (Å²) in [6, 6.07) is 7.80. The molecule has 0 bridgehead atoms. The zero-order valence-electron chi connectivity index (χ0n) is 12.8. The Kier molecular flexibility index (Phi) is 3.57. The summed E-state index contributed by atoms with van der Waals surface area (Å²) in [6.45, 7) is 0.234. The van der Waals surface area contributed by atoms with E-state index < -0.39 is 0 Å². The minimum Gasteiger partial charge on any atom is -0.323 e. The number of nitrogens with zero attached hydrogens (tertiary/aromatic N) is 3. The van der Waals surface area contributed by atoms with Crippen LogP contribution in [0.5, 0.6) is 0 Å². The molecule has 1 aliphatic rings. The normalized spacial score (nSPS) is 15.3. The second-order valence-corrected chi connectivity index (χ2v) is 6.10. The molecule has 0 atom stereocenters. The lowest BCUT2D eigenvalue weighted by Gasteiger charge is -2.05. The van der Waals surface area contributed by atoms with E-state index in [4.69, 9.17) is 0 Å². The van der Waals surface area contributed by atoms with Crippen LogP contribution in [0.1, 0.15) is 37.3 Å². The molecule has 0 radical (unpaired) electrons. The number of fused-ring (bicyclic) bond motifs is 1. The van der Waals surface area contributed by atoms with Gasteiger partial charge in [0.2, 0.25) is 5.91 Å². The molecule has 1 aliphatic carbocycles. The van der Waals surface area contributed by atoms with Gasteiger partial charge in [-0.15, -0.1) is 0 Å². The van der Waals surface area contributed by atoms with Crippen molar-refractivity contribution in [1.29, 1.82) is 0 Å². The van der Waals surface area contributed by atoms with E-state index in [1.54, 1.807) is 6.20 Å². The number of amides is 1. The first-order valence-corrected chi connectivity index (χ1v) is 8.04. The summed E-state index contributed by atoms with van der Waals surface area (Å²) < 4.78 is 1.85. The maximum Gasteiger partial charge on any atom is 0.245 e. The number of nitrogens with one attached hydrogen (secondary N) is 2. The van der Waals surface area contributed by atoms with E-state index in [1.165, 1.54) is 25.7 Å². The summed E-state index contributed by atoms with van der Waals surface area (Å²) in [5.74, 6) is 1.12. The van der Waals surface area contributed by atoms with Crippen LogP contribution < -0.4 is 5.32 Å². The Morgan fingerprint density at radius 1 is 1.35 bits per heavy atom. The van der Waals surface area contributed by atoms with Crippen molar-refractivity contribution in [2.45, 2.75) is 38.1 Å². The first-order valence-electron chi connectivity index (χ1n) is 8.04. The number of aromatic amines is 1. The Morgan fingerprint density at radius 3 is 3.09 bits per heavy atom. The minimum absolute atomic E-state index is 0.0882. The van der Waals surface area contributed by atoms with Crippen LogP contribution in [-0.4, -0.2) is 25.7 Å². The summed E-state index contributed by atoms with van der Waals surface area (Å²) in [5, 5.41) is 11.2. The molecule has 1 amide bonds. The van der Waals surface area contributed by atoms with Crippen LogP contribution in [0.25, 0.3) is 11.0 Å². The van der Waals surface area contributed by atoms with Crippen LogP contribution in [-0.2, 0) is 11.3 Å². The predicted octanol–water partition coefficient (Wildman–Crippen LogP) is 3.06. The fraction of sp³-hybridized carbons (Fsp3) is 0.353. The molecule has 3 heterocycles. The molecule has 4 rings (SSSR count). The third-order valence-corrected chi connectivity index (χ3v) is 4.48. The summed E-state index contributed by atoms with van der Waals surface area (Å²) in [5.41, 5.74) is 1.88. The fourth-order valence-corrected chi connectivity index (χ4v) is 3.32. The second-order valence-electron chi connectivity index (χ2n) is 6.10. The van der Waals surface area contributed by atoms with Gasteiger partial charge in [-0.3, -0.25) is 9.89 Å². The molecule has 6 nitrogen and oxygen atoms in total. The first-order chi connectivity index (χ1) is 11.3. The van der Waals surface area contributed by atoms with Gasteiger partial charge in [-0.1, -0.05) is 12.8 Å². The highest BCUT2D eigenvalue weighted by Gasteiger charge is 2.20. The number of aromatic nitrogens is 4. The van der Waals surface area contributed by atoms with Crippen molar-refractivity contribution in [3.63, 3.8) is 0 Å². The molecule has 0 aliphatic heterocycles. The Hall–Kier alpha value is -2.63. The Balaban J connectivity index is 1.43. The number of carbonyl (C=O) groups is 1. The van der Waals surface area contributed by atoms with E-state index in [0.29, 0.717) is 11.7 Å². The number of H-pyrrole nitrogens is 1. The van der Waals surface area contributed by atoms with Crippen molar-refractivity contribution < 1.29 is 4.79 Å². The summed E-state index contributed by atoms with van der Waals surface area (Å²) in [4.78, 5) is 16.6. The summed E-state index contributed by atoms with van der Waals surface area (Å²) in [7, 11) is 0. The number of hydrogen-bond donors (Lipinski definition) is 2. The van der Waals surface area contributed by atoms with E-state index in [0.717, 1.165) is 16.7 Å². The van der Waals surface area contributed by atoms with Crippen LogP contribution in [0.4, 0.5) is 5.82 Å². The third-order valence-electron chi connectivity index (χ3n) is 4.48. The first kappa shape index (κ1) is 14.0.